The average molecular weight is 266 g/mol. The van der Waals surface area contributed by atoms with E-state index in [9.17, 15) is 8.78 Å². The quantitative estimate of drug-likeness (QED) is 0.381. The molecule has 0 saturated carbocycles. The van der Waals surface area contributed by atoms with Crippen LogP contribution in [0.1, 0.15) is 5.69 Å². The number of nitrogens with zero attached hydrogens (tertiary/aromatic N) is 3. The van der Waals surface area contributed by atoms with Gasteiger partial charge in [-0.25, -0.2) is 13.8 Å². The predicted octanol–water partition coefficient (Wildman–Crippen LogP) is 1.64. The summed E-state index contributed by atoms with van der Waals surface area (Å²) < 4.78 is 30.8. The van der Waals surface area contributed by atoms with Gasteiger partial charge in [0, 0.05) is 12.3 Å². The fraction of sp³-hybridized carbons (Fsp3) is 0. The van der Waals surface area contributed by atoms with Crippen LogP contribution in [0.3, 0.4) is 0 Å². The molecule has 0 amide bonds. The lowest BCUT2D eigenvalue weighted by Gasteiger charge is -2.05. The van der Waals surface area contributed by atoms with Crippen molar-refractivity contribution >= 4 is 5.84 Å². The highest BCUT2D eigenvalue weighted by atomic mass is 19.2. The second-order valence-electron chi connectivity index (χ2n) is 3.39. The summed E-state index contributed by atoms with van der Waals surface area (Å²) in [6.45, 7) is 0. The number of benzene rings is 1. The van der Waals surface area contributed by atoms with Crippen LogP contribution < -0.4 is 10.5 Å². The Labute approximate surface area is 106 Å². The summed E-state index contributed by atoms with van der Waals surface area (Å²) in [5, 5.41) is 11.3. The van der Waals surface area contributed by atoms with Gasteiger partial charge in [-0.3, -0.25) is 0 Å². The first-order valence-corrected chi connectivity index (χ1v) is 5.04. The van der Waals surface area contributed by atoms with E-state index in [0.29, 0.717) is 0 Å². The number of halogens is 2. The first-order valence-electron chi connectivity index (χ1n) is 5.04. The third-order valence-corrected chi connectivity index (χ3v) is 2.10. The van der Waals surface area contributed by atoms with Crippen molar-refractivity contribution in [1.29, 1.82) is 0 Å². The standard InChI is InChI=1S/C11H8F2N4O2/c12-7-2-1-6(5-8(7)13)19-11-15-4-3-9(16-11)10(14)17-18/h1-5,18H,(H2,14,17). The number of rotatable bonds is 3. The molecule has 2 rings (SSSR count). The van der Waals surface area contributed by atoms with Gasteiger partial charge in [-0.05, 0) is 18.2 Å². The second-order valence-corrected chi connectivity index (χ2v) is 3.39. The van der Waals surface area contributed by atoms with Crippen molar-refractivity contribution in [2.24, 2.45) is 10.9 Å². The van der Waals surface area contributed by atoms with Gasteiger partial charge in [0.25, 0.3) is 0 Å². The van der Waals surface area contributed by atoms with Gasteiger partial charge in [0.05, 0.1) is 0 Å². The van der Waals surface area contributed by atoms with Crippen LogP contribution in [0.25, 0.3) is 0 Å². The highest BCUT2D eigenvalue weighted by molar-refractivity contribution is 5.95. The zero-order chi connectivity index (χ0) is 13.8. The topological polar surface area (TPSA) is 93.6 Å². The molecular formula is C11H8F2N4O2. The summed E-state index contributed by atoms with van der Waals surface area (Å²) in [6, 6.07) is 4.24. The Kier molecular flexibility index (Phi) is 3.51. The van der Waals surface area contributed by atoms with Crippen molar-refractivity contribution < 1.29 is 18.7 Å². The fourth-order valence-corrected chi connectivity index (χ4v) is 1.23. The van der Waals surface area contributed by atoms with Crippen molar-refractivity contribution in [3.05, 3.63) is 47.8 Å². The van der Waals surface area contributed by atoms with Crippen molar-refractivity contribution in [3.63, 3.8) is 0 Å². The Hall–Kier alpha value is -2.77. The molecule has 1 aromatic carbocycles. The molecule has 98 valence electrons. The molecule has 0 spiro atoms. The molecule has 0 aliphatic carbocycles. The van der Waals surface area contributed by atoms with E-state index >= 15 is 0 Å². The van der Waals surface area contributed by atoms with E-state index in [1.807, 2.05) is 0 Å². The number of hydrogen-bond acceptors (Lipinski definition) is 5. The Bertz CT molecular complexity index is 634. The van der Waals surface area contributed by atoms with Crippen LogP contribution in [-0.4, -0.2) is 21.0 Å². The lowest BCUT2D eigenvalue weighted by Crippen LogP contribution is -2.15. The summed E-state index contributed by atoms with van der Waals surface area (Å²) in [4.78, 5) is 7.59. The molecule has 1 heterocycles. The molecular weight excluding hydrogens is 258 g/mol. The molecule has 19 heavy (non-hydrogen) atoms. The van der Waals surface area contributed by atoms with Crippen molar-refractivity contribution in [2.75, 3.05) is 0 Å². The number of aromatic nitrogens is 2. The molecule has 3 N–H and O–H groups in total. The van der Waals surface area contributed by atoms with Crippen LogP contribution >= 0.6 is 0 Å². The van der Waals surface area contributed by atoms with E-state index < -0.39 is 11.6 Å². The van der Waals surface area contributed by atoms with E-state index in [1.165, 1.54) is 18.3 Å². The molecule has 0 fully saturated rings. The van der Waals surface area contributed by atoms with Crippen LogP contribution in [0, 0.1) is 11.6 Å². The van der Waals surface area contributed by atoms with E-state index in [1.54, 1.807) is 0 Å². The highest BCUT2D eigenvalue weighted by Crippen LogP contribution is 2.20. The fourth-order valence-electron chi connectivity index (χ4n) is 1.23. The van der Waals surface area contributed by atoms with Gasteiger partial charge in [-0.15, -0.1) is 0 Å². The molecule has 2 aromatic rings. The summed E-state index contributed by atoms with van der Waals surface area (Å²) in [5.41, 5.74) is 5.48. The molecule has 0 aliphatic rings. The summed E-state index contributed by atoms with van der Waals surface area (Å²) in [6.07, 6.45) is 1.32. The molecule has 8 heteroatoms. The summed E-state index contributed by atoms with van der Waals surface area (Å²) in [7, 11) is 0. The monoisotopic (exact) mass is 266 g/mol. The van der Waals surface area contributed by atoms with Gasteiger partial charge < -0.3 is 15.7 Å². The molecule has 1 aromatic heterocycles. The van der Waals surface area contributed by atoms with Gasteiger partial charge in [0.1, 0.15) is 11.4 Å². The summed E-state index contributed by atoms with van der Waals surface area (Å²) >= 11 is 0. The first kappa shape index (κ1) is 12.7. The Balaban J connectivity index is 2.26. The SMILES string of the molecule is N/C(=N/O)c1ccnc(Oc2ccc(F)c(F)c2)n1. The number of oxime groups is 1. The van der Waals surface area contributed by atoms with E-state index in [-0.39, 0.29) is 23.3 Å². The predicted molar refractivity (Wildman–Crippen MR) is 61.0 cm³/mol. The van der Waals surface area contributed by atoms with E-state index in [0.717, 1.165) is 12.1 Å². The van der Waals surface area contributed by atoms with Gasteiger partial charge in [-0.2, -0.15) is 4.98 Å². The minimum atomic E-state index is -1.05. The van der Waals surface area contributed by atoms with Gasteiger partial charge >= 0.3 is 6.01 Å². The van der Waals surface area contributed by atoms with E-state index in [4.69, 9.17) is 15.7 Å². The van der Waals surface area contributed by atoms with Crippen LogP contribution in [0.15, 0.2) is 35.6 Å². The van der Waals surface area contributed by atoms with Gasteiger partial charge in [0.15, 0.2) is 17.5 Å². The molecule has 0 saturated heterocycles. The van der Waals surface area contributed by atoms with Crippen LogP contribution in [0.5, 0.6) is 11.8 Å². The highest BCUT2D eigenvalue weighted by Gasteiger charge is 2.08. The summed E-state index contributed by atoms with van der Waals surface area (Å²) in [5.74, 6) is -2.24. The number of hydrogen-bond donors (Lipinski definition) is 2. The Morgan fingerprint density at radius 2 is 2.05 bits per heavy atom. The first-order chi connectivity index (χ1) is 9.10. The molecule has 0 unspecified atom stereocenters. The van der Waals surface area contributed by atoms with Crippen LogP contribution in [0.4, 0.5) is 8.78 Å². The van der Waals surface area contributed by atoms with Gasteiger partial charge in [0.2, 0.25) is 0 Å². The maximum atomic E-state index is 13.0. The Morgan fingerprint density at radius 3 is 2.74 bits per heavy atom. The van der Waals surface area contributed by atoms with Crippen molar-refractivity contribution in [2.45, 2.75) is 0 Å². The molecule has 0 radical (unpaired) electrons. The molecule has 0 aliphatic heterocycles. The third-order valence-electron chi connectivity index (χ3n) is 2.10. The minimum Gasteiger partial charge on any atom is -0.424 e. The third kappa shape index (κ3) is 2.92. The second kappa shape index (κ2) is 5.25. The maximum Gasteiger partial charge on any atom is 0.322 e. The van der Waals surface area contributed by atoms with Crippen LogP contribution in [0.2, 0.25) is 0 Å². The van der Waals surface area contributed by atoms with Crippen molar-refractivity contribution in [3.8, 4) is 11.8 Å². The molecule has 0 bridgehead atoms. The molecule has 0 atom stereocenters. The number of nitrogens with two attached hydrogens (primary N) is 1. The lowest BCUT2D eigenvalue weighted by molar-refractivity contribution is 0.318. The van der Waals surface area contributed by atoms with Crippen molar-refractivity contribution in [1.82, 2.24) is 9.97 Å². The Morgan fingerprint density at radius 1 is 1.26 bits per heavy atom. The zero-order valence-electron chi connectivity index (χ0n) is 9.42. The van der Waals surface area contributed by atoms with E-state index in [2.05, 4.69) is 15.1 Å². The largest absolute Gasteiger partial charge is 0.424 e. The lowest BCUT2D eigenvalue weighted by atomic mass is 10.3. The minimum absolute atomic E-state index is 0.0237. The smallest absolute Gasteiger partial charge is 0.322 e. The normalized spacial score (nSPS) is 11.4. The average Bonchev–Trinajstić information content (AvgIpc) is 2.42. The maximum absolute atomic E-state index is 13.0. The number of ether oxygens (including phenoxy) is 1. The van der Waals surface area contributed by atoms with Crippen LogP contribution in [-0.2, 0) is 0 Å². The molecule has 6 nitrogen and oxygen atoms in total. The van der Waals surface area contributed by atoms with Gasteiger partial charge in [-0.1, -0.05) is 5.16 Å². The number of amidine groups is 1. The zero-order valence-corrected chi connectivity index (χ0v) is 9.42.